The van der Waals surface area contributed by atoms with Crippen LogP contribution in [0.1, 0.15) is 79.5 Å². The number of aryl methyl sites for hydroxylation is 1. The molecule has 0 radical (unpaired) electrons. The number of amides is 1. The second-order valence-corrected chi connectivity index (χ2v) is 13.9. The van der Waals surface area contributed by atoms with Crippen molar-refractivity contribution in [3.63, 3.8) is 0 Å². The molecule has 0 heterocycles. The Balaban J connectivity index is 1.52. The number of carbonyl (C=O) groups is 1. The molecule has 0 bridgehead atoms. The SMILES string of the molecule is CC(C)(C)NCc1ccc2c(c1)CCC[C@H]2NC(=O)C[C@H](Cc1ccc(C#N)cc1)NS(=O)(=O)c1cccc(C(F)(F)F)c1. The number of hydrogen-bond donors (Lipinski definition) is 3. The van der Waals surface area contributed by atoms with Crippen LogP contribution in [0.5, 0.6) is 0 Å². The summed E-state index contributed by atoms with van der Waals surface area (Å²) < 4.78 is 68.8. The minimum absolute atomic E-state index is 0.0244. The second-order valence-electron chi connectivity index (χ2n) is 12.2. The highest BCUT2D eigenvalue weighted by Gasteiger charge is 2.32. The van der Waals surface area contributed by atoms with Gasteiger partial charge in [-0.15, -0.1) is 0 Å². The summed E-state index contributed by atoms with van der Waals surface area (Å²) in [5.74, 6) is -0.383. The quantitative estimate of drug-likeness (QED) is 0.258. The van der Waals surface area contributed by atoms with Crippen LogP contribution in [-0.2, 0) is 40.4 Å². The number of nitrogens with zero attached hydrogens (tertiary/aromatic N) is 1. The Morgan fingerprint density at radius 3 is 2.39 bits per heavy atom. The molecular weight excluding hydrogens is 589 g/mol. The normalized spacial score (nSPS) is 16.1. The Hall–Kier alpha value is -3.72. The minimum Gasteiger partial charge on any atom is -0.349 e. The summed E-state index contributed by atoms with van der Waals surface area (Å²) in [7, 11) is -4.41. The number of rotatable bonds is 10. The molecule has 1 aliphatic carbocycles. The summed E-state index contributed by atoms with van der Waals surface area (Å²) in [6.45, 7) is 7.03. The zero-order valence-corrected chi connectivity index (χ0v) is 25.8. The molecule has 0 aromatic heterocycles. The fourth-order valence-corrected chi connectivity index (χ4v) is 6.54. The molecule has 3 N–H and O–H groups in total. The van der Waals surface area contributed by atoms with Crippen LogP contribution in [0.25, 0.3) is 0 Å². The number of nitrogens with one attached hydrogen (secondary N) is 3. The van der Waals surface area contributed by atoms with Crippen molar-refractivity contribution in [3.8, 4) is 6.07 Å². The average Bonchev–Trinajstić information content (AvgIpc) is 2.95. The van der Waals surface area contributed by atoms with Crippen molar-refractivity contribution in [2.24, 2.45) is 0 Å². The number of hydrogen-bond acceptors (Lipinski definition) is 5. The predicted octanol–water partition coefficient (Wildman–Crippen LogP) is 5.94. The van der Waals surface area contributed by atoms with Crippen LogP contribution in [0.3, 0.4) is 0 Å². The van der Waals surface area contributed by atoms with Crippen LogP contribution in [0.4, 0.5) is 13.2 Å². The molecule has 234 valence electrons. The minimum atomic E-state index is -4.71. The lowest BCUT2D eigenvalue weighted by molar-refractivity contribution is -0.137. The first kappa shape index (κ1) is 33.2. The van der Waals surface area contributed by atoms with Gasteiger partial charge >= 0.3 is 6.18 Å². The van der Waals surface area contributed by atoms with Crippen molar-refractivity contribution in [2.75, 3.05) is 0 Å². The fourth-order valence-electron chi connectivity index (χ4n) is 5.25. The molecule has 1 amide bonds. The third kappa shape index (κ3) is 9.14. The monoisotopic (exact) mass is 626 g/mol. The molecule has 11 heteroatoms. The molecule has 0 saturated carbocycles. The molecule has 3 aromatic rings. The van der Waals surface area contributed by atoms with E-state index in [-0.39, 0.29) is 30.3 Å². The summed E-state index contributed by atoms with van der Waals surface area (Å²) in [6, 6.07) is 17.0. The number of nitriles is 1. The van der Waals surface area contributed by atoms with Crippen LogP contribution >= 0.6 is 0 Å². The molecule has 4 rings (SSSR count). The number of halogens is 3. The first-order chi connectivity index (χ1) is 20.6. The Morgan fingerprint density at radius 1 is 1.02 bits per heavy atom. The van der Waals surface area contributed by atoms with Gasteiger partial charge in [-0.05, 0) is 99.0 Å². The van der Waals surface area contributed by atoms with E-state index in [2.05, 4.69) is 42.2 Å². The molecule has 0 fully saturated rings. The van der Waals surface area contributed by atoms with E-state index in [0.29, 0.717) is 17.2 Å². The first-order valence-corrected chi connectivity index (χ1v) is 16.0. The lowest BCUT2D eigenvalue weighted by atomic mass is 9.86. The Morgan fingerprint density at radius 2 is 1.73 bits per heavy atom. The summed E-state index contributed by atoms with van der Waals surface area (Å²) in [5.41, 5.74) is 3.30. The van der Waals surface area contributed by atoms with E-state index in [1.54, 1.807) is 24.3 Å². The Labute approximate surface area is 256 Å². The second kappa shape index (κ2) is 13.5. The lowest BCUT2D eigenvalue weighted by Crippen LogP contribution is -2.41. The van der Waals surface area contributed by atoms with Crippen LogP contribution in [0.15, 0.2) is 71.6 Å². The maximum absolute atomic E-state index is 13.4. The van der Waals surface area contributed by atoms with Crippen molar-refractivity contribution in [1.82, 2.24) is 15.4 Å². The molecular formula is C33H37F3N4O3S. The zero-order valence-electron chi connectivity index (χ0n) is 25.0. The van der Waals surface area contributed by atoms with Gasteiger partial charge in [-0.25, -0.2) is 13.1 Å². The third-order valence-corrected chi connectivity index (χ3v) is 8.99. The highest BCUT2D eigenvalue weighted by Crippen LogP contribution is 2.32. The number of carbonyl (C=O) groups excluding carboxylic acids is 1. The molecule has 0 saturated heterocycles. The molecule has 0 spiro atoms. The predicted molar refractivity (Wildman–Crippen MR) is 162 cm³/mol. The van der Waals surface area contributed by atoms with Crippen molar-refractivity contribution in [3.05, 3.63) is 100 Å². The van der Waals surface area contributed by atoms with Gasteiger partial charge in [-0.1, -0.05) is 36.4 Å². The molecule has 3 aromatic carbocycles. The topological polar surface area (TPSA) is 111 Å². The number of benzene rings is 3. The summed E-state index contributed by atoms with van der Waals surface area (Å²) in [4.78, 5) is 12.8. The highest BCUT2D eigenvalue weighted by atomic mass is 32.2. The smallest absolute Gasteiger partial charge is 0.349 e. The maximum Gasteiger partial charge on any atom is 0.416 e. The van der Waals surface area contributed by atoms with Gasteiger partial charge in [-0.3, -0.25) is 4.79 Å². The molecule has 0 aliphatic heterocycles. The van der Waals surface area contributed by atoms with Crippen molar-refractivity contribution >= 4 is 15.9 Å². The van der Waals surface area contributed by atoms with E-state index in [9.17, 15) is 26.4 Å². The van der Waals surface area contributed by atoms with Crippen molar-refractivity contribution < 1.29 is 26.4 Å². The summed E-state index contributed by atoms with van der Waals surface area (Å²) in [5, 5.41) is 15.6. The molecule has 7 nitrogen and oxygen atoms in total. The standard InChI is InChI=1S/C33H37F3N4O3S/c1-32(2,3)38-21-24-14-15-29-25(16-24)6-4-9-30(29)39-31(41)19-27(17-22-10-12-23(20-37)13-11-22)40-44(42,43)28-8-5-7-26(18-28)33(34,35)36/h5,7-8,10-16,18,27,30,38,40H,4,6,9,17,19,21H2,1-3H3,(H,39,41)/t27-,30+/m0/s1. The lowest BCUT2D eigenvalue weighted by Gasteiger charge is -2.28. The van der Waals surface area contributed by atoms with Crippen molar-refractivity contribution in [1.29, 1.82) is 5.26 Å². The largest absolute Gasteiger partial charge is 0.416 e. The molecule has 44 heavy (non-hydrogen) atoms. The van der Waals surface area contributed by atoms with E-state index in [4.69, 9.17) is 5.26 Å². The third-order valence-electron chi connectivity index (χ3n) is 7.47. The first-order valence-electron chi connectivity index (χ1n) is 14.5. The van der Waals surface area contributed by atoms with Crippen LogP contribution in [0, 0.1) is 11.3 Å². The van der Waals surface area contributed by atoms with Gasteiger partial charge in [0.25, 0.3) is 0 Å². The Kier molecular flexibility index (Phi) is 10.2. The van der Waals surface area contributed by atoms with E-state index < -0.39 is 32.7 Å². The van der Waals surface area contributed by atoms with Gasteiger partial charge in [-0.2, -0.15) is 18.4 Å². The summed E-state index contributed by atoms with van der Waals surface area (Å²) in [6.07, 6.45) is -2.36. The van der Waals surface area contributed by atoms with E-state index in [1.165, 1.54) is 0 Å². The van der Waals surface area contributed by atoms with Gasteiger partial charge in [0.15, 0.2) is 0 Å². The van der Waals surface area contributed by atoms with Crippen molar-refractivity contribution in [2.45, 2.75) is 88.1 Å². The van der Waals surface area contributed by atoms with Crippen LogP contribution < -0.4 is 15.4 Å². The molecule has 2 atom stereocenters. The maximum atomic E-state index is 13.4. The van der Waals surface area contributed by atoms with Crippen LogP contribution in [-0.4, -0.2) is 25.9 Å². The van der Waals surface area contributed by atoms with Gasteiger partial charge in [0, 0.05) is 24.5 Å². The fraction of sp³-hybridized carbons (Fsp3) is 0.394. The summed E-state index contributed by atoms with van der Waals surface area (Å²) >= 11 is 0. The zero-order chi connectivity index (χ0) is 32.1. The van der Waals surface area contributed by atoms with Gasteiger partial charge < -0.3 is 10.6 Å². The highest BCUT2D eigenvalue weighted by molar-refractivity contribution is 7.89. The average molecular weight is 627 g/mol. The van der Waals surface area contributed by atoms with E-state index >= 15 is 0 Å². The number of alkyl halides is 3. The number of sulfonamides is 1. The van der Waals surface area contributed by atoms with Crippen LogP contribution in [0.2, 0.25) is 0 Å². The van der Waals surface area contributed by atoms with Gasteiger partial charge in [0.05, 0.1) is 28.1 Å². The van der Waals surface area contributed by atoms with E-state index in [1.807, 2.05) is 18.2 Å². The Bertz CT molecular complexity index is 1630. The molecule has 1 aliphatic rings. The molecule has 0 unspecified atom stereocenters. The van der Waals surface area contributed by atoms with Gasteiger partial charge in [0.1, 0.15) is 0 Å². The van der Waals surface area contributed by atoms with E-state index in [0.717, 1.165) is 60.7 Å². The van der Waals surface area contributed by atoms with Gasteiger partial charge in [0.2, 0.25) is 15.9 Å². The number of fused-ring (bicyclic) bond motifs is 1.